The minimum atomic E-state index is -0.558. The first-order valence-electron chi connectivity index (χ1n) is 29.5. The highest BCUT2D eigenvalue weighted by atomic mass is 15.1. The average molecular weight is 976 g/mol. The molecular formula is C74H52N2. The summed E-state index contributed by atoms with van der Waals surface area (Å²) in [6, 6.07) is 82.1. The fourth-order valence-electron chi connectivity index (χ4n) is 12.9. The number of aromatic nitrogens is 1. The van der Waals surface area contributed by atoms with Gasteiger partial charge in [-0.15, -0.1) is 0 Å². The zero-order valence-corrected chi connectivity index (χ0v) is 41.9. The lowest BCUT2D eigenvalue weighted by atomic mass is 9.67. The third-order valence-corrected chi connectivity index (χ3v) is 16.4. The zero-order chi connectivity index (χ0) is 56.6. The van der Waals surface area contributed by atoms with Gasteiger partial charge >= 0.3 is 0 Å². The Morgan fingerprint density at radius 1 is 0.355 bits per heavy atom. The third kappa shape index (κ3) is 6.53. The monoisotopic (exact) mass is 975 g/mol. The summed E-state index contributed by atoms with van der Waals surface area (Å²) in [4.78, 5) is 2.22. The minimum Gasteiger partial charge on any atom is -0.310 e. The molecule has 76 heavy (non-hydrogen) atoms. The largest absolute Gasteiger partial charge is 0.310 e. The maximum Gasteiger partial charge on any atom is 0.0713 e. The van der Waals surface area contributed by atoms with Gasteiger partial charge in [0.25, 0.3) is 0 Å². The molecule has 358 valence electrons. The SMILES string of the molecule is [2H]c1c([2H])c([2H])c2c(-c3ccc(N(c4ccc(-c5ccc6c(c5)c5cc(C7(c8ccccc8)c8ccccc8-c8ccccc87)ccc5n6-c5ccccc5)cc4)c4ccc5c(c4)-c4ccccc4C5(C)C)cc3)c([2H])c([2H])c([2H])c2c1[2H]. The number of anilines is 3. The molecule has 2 aliphatic rings. The molecule has 2 aliphatic carbocycles. The van der Waals surface area contributed by atoms with Crippen molar-refractivity contribution in [2.75, 3.05) is 4.90 Å². The van der Waals surface area contributed by atoms with E-state index in [0.717, 1.165) is 55.7 Å². The zero-order valence-electron chi connectivity index (χ0n) is 48.9. The number of benzene rings is 12. The summed E-state index contributed by atoms with van der Waals surface area (Å²) in [5.41, 5.74) is 20.4. The van der Waals surface area contributed by atoms with Crippen LogP contribution in [0.4, 0.5) is 17.1 Å². The first-order chi connectivity index (χ1) is 40.4. The molecule has 1 aromatic heterocycles. The number of nitrogens with zero attached hydrogens (tertiary/aromatic N) is 2. The molecule has 0 aliphatic heterocycles. The van der Waals surface area contributed by atoms with Crippen LogP contribution in [0.25, 0.3) is 82.8 Å². The Hall–Kier alpha value is -9.50. The van der Waals surface area contributed by atoms with E-state index < -0.39 is 35.6 Å². The van der Waals surface area contributed by atoms with E-state index in [2.05, 4.69) is 236 Å². The lowest BCUT2D eigenvalue weighted by molar-refractivity contribution is 0.660. The highest BCUT2D eigenvalue weighted by molar-refractivity contribution is 6.11. The van der Waals surface area contributed by atoms with Gasteiger partial charge in [-0.1, -0.05) is 220 Å². The second-order valence-electron chi connectivity index (χ2n) is 20.7. The van der Waals surface area contributed by atoms with Crippen LogP contribution in [0.2, 0.25) is 0 Å². The van der Waals surface area contributed by atoms with Gasteiger partial charge < -0.3 is 9.47 Å². The van der Waals surface area contributed by atoms with Crippen LogP contribution in [0, 0.1) is 0 Å². The van der Waals surface area contributed by atoms with E-state index in [4.69, 9.17) is 9.60 Å². The summed E-state index contributed by atoms with van der Waals surface area (Å²) in [6.07, 6.45) is 0. The van der Waals surface area contributed by atoms with Crippen molar-refractivity contribution in [3.05, 3.63) is 312 Å². The Kier molecular flexibility index (Phi) is 8.35. The van der Waals surface area contributed by atoms with Crippen molar-refractivity contribution in [3.63, 3.8) is 0 Å². The van der Waals surface area contributed by atoms with Crippen LogP contribution >= 0.6 is 0 Å². The lowest BCUT2D eigenvalue weighted by Gasteiger charge is -2.34. The van der Waals surface area contributed by atoms with Gasteiger partial charge in [-0.05, 0) is 161 Å². The van der Waals surface area contributed by atoms with Crippen LogP contribution in [0.1, 0.15) is 56.8 Å². The van der Waals surface area contributed by atoms with Crippen LogP contribution in [0.5, 0.6) is 0 Å². The molecule has 13 aromatic rings. The highest BCUT2D eigenvalue weighted by Gasteiger charge is 2.46. The second kappa shape index (κ2) is 17.0. The van der Waals surface area contributed by atoms with Crippen LogP contribution in [-0.2, 0) is 10.8 Å². The first kappa shape index (κ1) is 37.3. The average Bonchev–Trinajstić information content (AvgIpc) is 2.29. The van der Waals surface area contributed by atoms with Crippen LogP contribution in [-0.4, -0.2) is 4.57 Å². The van der Waals surface area contributed by atoms with Crippen molar-refractivity contribution in [3.8, 4) is 50.2 Å². The second-order valence-corrected chi connectivity index (χ2v) is 20.7. The quantitative estimate of drug-likeness (QED) is 0.147. The predicted octanol–water partition coefficient (Wildman–Crippen LogP) is 19.4. The van der Waals surface area contributed by atoms with E-state index in [1.807, 2.05) is 24.3 Å². The molecule has 0 saturated carbocycles. The summed E-state index contributed by atoms with van der Waals surface area (Å²) in [5.74, 6) is 0. The molecule has 0 fully saturated rings. The normalized spacial score (nSPS) is 14.9. The van der Waals surface area contributed by atoms with Crippen LogP contribution in [0.3, 0.4) is 0 Å². The van der Waals surface area contributed by atoms with E-state index >= 15 is 0 Å². The maximum absolute atomic E-state index is 9.09. The summed E-state index contributed by atoms with van der Waals surface area (Å²) < 4.78 is 63.5. The van der Waals surface area contributed by atoms with Gasteiger partial charge in [-0.25, -0.2) is 0 Å². The molecule has 0 N–H and O–H groups in total. The Labute approximate surface area is 453 Å². The minimum absolute atomic E-state index is 0.0619. The van der Waals surface area contributed by atoms with Gasteiger partial charge in [-0.3, -0.25) is 0 Å². The maximum atomic E-state index is 9.09. The number of para-hydroxylation sites is 1. The van der Waals surface area contributed by atoms with E-state index in [0.29, 0.717) is 5.56 Å². The standard InChI is InChI=1S/C74H52N2/c1-73(2)67-29-14-11-27-63(67)64-48-58(42-43-68(64)73)75(57-40-34-51(35-41-57)60-28-17-19-50-18-9-10-24-59(50)60)56-38-32-49(33-39-56)52-36-44-71-65(46-52)66-47-54(37-45-72(66)76(71)55-22-7-4-8-23-55)74(53-20-5-3-6-21-53)69-30-15-12-25-61(69)62-26-13-16-31-70(62)74/h3-48H,1-2H3/i9D,10D,17D,18D,19D,24D,28D. The predicted molar refractivity (Wildman–Crippen MR) is 319 cm³/mol. The van der Waals surface area contributed by atoms with E-state index in [1.165, 1.54) is 55.6 Å². The van der Waals surface area contributed by atoms with Crippen LogP contribution < -0.4 is 4.90 Å². The molecule has 2 nitrogen and oxygen atoms in total. The summed E-state index contributed by atoms with van der Waals surface area (Å²) in [6.45, 7) is 4.55. The fraction of sp³-hybridized carbons (Fsp3) is 0.0541. The Balaban J connectivity index is 0.886. The third-order valence-electron chi connectivity index (χ3n) is 16.4. The van der Waals surface area contributed by atoms with Crippen molar-refractivity contribution < 1.29 is 9.60 Å². The molecule has 12 aromatic carbocycles. The number of hydrogen-bond acceptors (Lipinski definition) is 1. The molecule has 0 bridgehead atoms. The molecule has 0 radical (unpaired) electrons. The molecule has 0 spiro atoms. The molecule has 0 saturated heterocycles. The Morgan fingerprint density at radius 2 is 0.882 bits per heavy atom. The smallest absolute Gasteiger partial charge is 0.0713 e. The fourth-order valence-corrected chi connectivity index (χ4v) is 12.9. The van der Waals surface area contributed by atoms with E-state index in [-0.39, 0.29) is 33.8 Å². The van der Waals surface area contributed by atoms with Crippen molar-refractivity contribution >= 4 is 49.6 Å². The highest BCUT2D eigenvalue weighted by Crippen LogP contribution is 2.57. The number of hydrogen-bond donors (Lipinski definition) is 0. The molecule has 1 heterocycles. The molecule has 0 unspecified atom stereocenters. The van der Waals surface area contributed by atoms with Crippen molar-refractivity contribution in [1.29, 1.82) is 0 Å². The van der Waals surface area contributed by atoms with Gasteiger partial charge in [0.15, 0.2) is 0 Å². The summed E-state index contributed by atoms with van der Waals surface area (Å²) in [7, 11) is 0. The molecular weight excluding hydrogens is 917 g/mol. The first-order valence-corrected chi connectivity index (χ1v) is 26.0. The van der Waals surface area contributed by atoms with Gasteiger partial charge in [0.05, 0.1) is 26.0 Å². The topological polar surface area (TPSA) is 8.17 Å². The molecule has 15 rings (SSSR count). The Morgan fingerprint density at radius 3 is 1.58 bits per heavy atom. The van der Waals surface area contributed by atoms with Crippen molar-refractivity contribution in [1.82, 2.24) is 4.57 Å². The van der Waals surface area contributed by atoms with Crippen LogP contribution in [0.15, 0.2) is 279 Å². The summed E-state index contributed by atoms with van der Waals surface area (Å²) in [5, 5.41) is 2.30. The van der Waals surface area contributed by atoms with Gasteiger partial charge in [-0.2, -0.15) is 0 Å². The van der Waals surface area contributed by atoms with Gasteiger partial charge in [0.1, 0.15) is 0 Å². The molecule has 0 atom stereocenters. The lowest BCUT2D eigenvalue weighted by Crippen LogP contribution is -2.28. The van der Waals surface area contributed by atoms with Crippen molar-refractivity contribution in [2.24, 2.45) is 0 Å². The van der Waals surface area contributed by atoms with E-state index in [9.17, 15) is 0 Å². The number of rotatable bonds is 8. The van der Waals surface area contributed by atoms with E-state index in [1.54, 1.807) is 0 Å². The van der Waals surface area contributed by atoms with Gasteiger partial charge in [0.2, 0.25) is 0 Å². The summed E-state index contributed by atoms with van der Waals surface area (Å²) >= 11 is 0. The molecule has 2 heteroatoms. The molecule has 0 amide bonds. The Bertz CT molecular complexity index is 4780. The van der Waals surface area contributed by atoms with Gasteiger partial charge in [0, 0.05) is 38.9 Å². The van der Waals surface area contributed by atoms with Crippen molar-refractivity contribution in [2.45, 2.75) is 24.7 Å². The number of fused-ring (bicyclic) bond motifs is 10.